The number of carbonyl (C=O) groups is 3. The van der Waals surface area contributed by atoms with Gasteiger partial charge < -0.3 is 10.4 Å². The Hall–Kier alpha value is -2.60. The molecule has 2 aromatic carbocycles. The number of rotatable bonds is 10. The predicted octanol–water partition coefficient (Wildman–Crippen LogP) is 2.93. The van der Waals surface area contributed by atoms with E-state index in [0.717, 1.165) is 11.1 Å². The molecule has 0 aliphatic heterocycles. The largest absolute Gasteiger partial charge is 0.480 e. The molecule has 0 saturated heterocycles. The van der Waals surface area contributed by atoms with E-state index in [1.54, 1.807) is 0 Å². The van der Waals surface area contributed by atoms with Gasteiger partial charge in [-0.2, -0.15) is 12.6 Å². The second-order valence-electron chi connectivity index (χ2n) is 6.83. The Labute approximate surface area is 170 Å². The summed E-state index contributed by atoms with van der Waals surface area (Å²) in [4.78, 5) is 36.4. The highest BCUT2D eigenvalue weighted by Gasteiger charge is 2.27. The van der Waals surface area contributed by atoms with E-state index in [-0.39, 0.29) is 12.2 Å². The predicted molar refractivity (Wildman–Crippen MR) is 111 cm³/mol. The summed E-state index contributed by atoms with van der Waals surface area (Å²) < 4.78 is 0. The molecule has 5 nitrogen and oxygen atoms in total. The lowest BCUT2D eigenvalue weighted by Crippen LogP contribution is -2.43. The highest BCUT2D eigenvalue weighted by molar-refractivity contribution is 7.81. The molecule has 0 radical (unpaired) electrons. The topological polar surface area (TPSA) is 83.5 Å². The standard InChI is InChI=1S/C22H25NO4S/c1-15(22(26)27)23-21(25)18(12-16-8-4-2-5-9-16)14-19(24)20(28)13-17-10-6-3-7-11-17/h2-11,15,18,20,28H,12-14H2,1H3,(H,23,25)(H,26,27)/t15-,18?,20?/m0/s1. The van der Waals surface area contributed by atoms with Crippen molar-refractivity contribution in [1.82, 2.24) is 5.32 Å². The molecule has 0 aliphatic carbocycles. The number of carboxylic acid groups (broad SMARTS) is 1. The van der Waals surface area contributed by atoms with Crippen molar-refractivity contribution >= 4 is 30.3 Å². The Bertz CT molecular complexity index is 795. The van der Waals surface area contributed by atoms with Crippen LogP contribution in [-0.4, -0.2) is 34.1 Å². The molecule has 0 fully saturated rings. The van der Waals surface area contributed by atoms with Gasteiger partial charge in [-0.1, -0.05) is 60.7 Å². The van der Waals surface area contributed by atoms with Crippen LogP contribution in [0.1, 0.15) is 24.5 Å². The van der Waals surface area contributed by atoms with Crippen LogP contribution in [0.15, 0.2) is 60.7 Å². The molecular weight excluding hydrogens is 374 g/mol. The number of carbonyl (C=O) groups excluding carboxylic acids is 2. The number of Topliss-reactive ketones (excluding diaryl/α,β-unsaturated/α-hetero) is 1. The van der Waals surface area contributed by atoms with Gasteiger partial charge in [-0.25, -0.2) is 0 Å². The number of aliphatic carboxylic acids is 1. The number of amides is 1. The summed E-state index contributed by atoms with van der Waals surface area (Å²) in [7, 11) is 0. The fraction of sp³-hybridized carbons (Fsp3) is 0.318. The van der Waals surface area contributed by atoms with Crippen LogP contribution in [0.3, 0.4) is 0 Å². The lowest BCUT2D eigenvalue weighted by molar-refractivity contribution is -0.142. The number of carboxylic acids is 1. The van der Waals surface area contributed by atoms with Crippen LogP contribution in [0, 0.1) is 5.92 Å². The lowest BCUT2D eigenvalue weighted by atomic mass is 9.91. The minimum atomic E-state index is -1.12. The van der Waals surface area contributed by atoms with Crippen molar-refractivity contribution in [3.05, 3.63) is 71.8 Å². The third kappa shape index (κ3) is 6.85. The van der Waals surface area contributed by atoms with E-state index >= 15 is 0 Å². The third-order valence-corrected chi connectivity index (χ3v) is 4.99. The molecule has 0 aromatic heterocycles. The van der Waals surface area contributed by atoms with Gasteiger partial charge in [-0.3, -0.25) is 14.4 Å². The number of ketones is 1. The van der Waals surface area contributed by atoms with Crippen molar-refractivity contribution < 1.29 is 19.5 Å². The van der Waals surface area contributed by atoms with Gasteiger partial charge in [0.15, 0.2) is 0 Å². The monoisotopic (exact) mass is 399 g/mol. The first kappa shape index (κ1) is 21.7. The molecule has 2 unspecified atom stereocenters. The first-order chi connectivity index (χ1) is 13.4. The van der Waals surface area contributed by atoms with Crippen molar-refractivity contribution in [2.24, 2.45) is 5.92 Å². The fourth-order valence-electron chi connectivity index (χ4n) is 2.88. The number of hydrogen-bond acceptors (Lipinski definition) is 4. The van der Waals surface area contributed by atoms with Crippen molar-refractivity contribution in [2.75, 3.05) is 0 Å². The minimum absolute atomic E-state index is 0.00800. The van der Waals surface area contributed by atoms with Crippen LogP contribution in [0.2, 0.25) is 0 Å². The number of thiol groups is 1. The Morgan fingerprint density at radius 2 is 1.43 bits per heavy atom. The van der Waals surface area contributed by atoms with Gasteiger partial charge in [-0.05, 0) is 30.9 Å². The lowest BCUT2D eigenvalue weighted by Gasteiger charge is -2.20. The van der Waals surface area contributed by atoms with Crippen molar-refractivity contribution in [2.45, 2.75) is 37.5 Å². The first-order valence-electron chi connectivity index (χ1n) is 9.18. The molecule has 28 heavy (non-hydrogen) atoms. The summed E-state index contributed by atoms with van der Waals surface area (Å²) in [6.45, 7) is 1.40. The molecule has 2 N–H and O–H groups in total. The molecule has 148 valence electrons. The Kier molecular flexibility index (Phi) is 8.26. The maximum absolute atomic E-state index is 12.7. The Morgan fingerprint density at radius 3 is 1.93 bits per heavy atom. The van der Waals surface area contributed by atoms with Gasteiger partial charge in [0.1, 0.15) is 11.8 Å². The van der Waals surface area contributed by atoms with Gasteiger partial charge in [0.05, 0.1) is 5.25 Å². The van der Waals surface area contributed by atoms with Crippen LogP contribution < -0.4 is 5.32 Å². The molecule has 3 atom stereocenters. The highest BCUT2D eigenvalue weighted by atomic mass is 32.1. The van der Waals surface area contributed by atoms with Crippen LogP contribution in [-0.2, 0) is 27.2 Å². The van der Waals surface area contributed by atoms with Crippen LogP contribution in [0.4, 0.5) is 0 Å². The van der Waals surface area contributed by atoms with Crippen molar-refractivity contribution in [1.29, 1.82) is 0 Å². The molecule has 0 spiro atoms. The Morgan fingerprint density at radius 1 is 0.929 bits per heavy atom. The number of nitrogens with one attached hydrogen (secondary N) is 1. The number of hydrogen-bond donors (Lipinski definition) is 3. The maximum Gasteiger partial charge on any atom is 0.325 e. The SMILES string of the molecule is C[C@H](NC(=O)C(CC(=O)C(S)Cc1ccccc1)Cc1ccccc1)C(=O)O. The maximum atomic E-state index is 12.7. The Balaban J connectivity index is 2.07. The molecule has 0 bridgehead atoms. The molecule has 1 amide bonds. The molecule has 2 rings (SSSR count). The quantitative estimate of drug-likeness (QED) is 0.537. The smallest absolute Gasteiger partial charge is 0.325 e. The second kappa shape index (κ2) is 10.7. The molecule has 0 saturated carbocycles. The van der Waals surface area contributed by atoms with E-state index in [2.05, 4.69) is 17.9 Å². The molecule has 2 aromatic rings. The van der Waals surface area contributed by atoms with E-state index in [9.17, 15) is 14.4 Å². The molecule has 0 aliphatic rings. The third-order valence-electron chi connectivity index (χ3n) is 4.52. The average molecular weight is 400 g/mol. The second-order valence-corrected chi connectivity index (χ2v) is 7.45. The van der Waals surface area contributed by atoms with E-state index < -0.39 is 29.1 Å². The molecule has 0 heterocycles. The van der Waals surface area contributed by atoms with E-state index in [4.69, 9.17) is 5.11 Å². The zero-order valence-corrected chi connectivity index (χ0v) is 16.6. The van der Waals surface area contributed by atoms with Crippen LogP contribution in [0.25, 0.3) is 0 Å². The van der Waals surface area contributed by atoms with E-state index in [0.29, 0.717) is 12.8 Å². The van der Waals surface area contributed by atoms with E-state index in [1.165, 1.54) is 6.92 Å². The summed E-state index contributed by atoms with van der Waals surface area (Å²) in [6, 6.07) is 17.9. The molecular formula is C22H25NO4S. The van der Waals surface area contributed by atoms with Crippen LogP contribution >= 0.6 is 12.6 Å². The average Bonchev–Trinajstić information content (AvgIpc) is 2.68. The zero-order chi connectivity index (χ0) is 20.5. The van der Waals surface area contributed by atoms with Crippen LogP contribution in [0.5, 0.6) is 0 Å². The summed E-state index contributed by atoms with van der Waals surface area (Å²) in [6.07, 6.45) is 0.846. The van der Waals surface area contributed by atoms with E-state index in [1.807, 2.05) is 60.7 Å². The first-order valence-corrected chi connectivity index (χ1v) is 9.70. The molecule has 6 heteroatoms. The fourth-order valence-corrected chi connectivity index (χ4v) is 3.20. The summed E-state index contributed by atoms with van der Waals surface area (Å²) >= 11 is 4.43. The van der Waals surface area contributed by atoms with Gasteiger partial charge >= 0.3 is 5.97 Å². The summed E-state index contributed by atoms with van der Waals surface area (Å²) in [5.74, 6) is -2.34. The normalized spacial score (nSPS) is 13.9. The van der Waals surface area contributed by atoms with Crippen molar-refractivity contribution in [3.63, 3.8) is 0 Å². The van der Waals surface area contributed by atoms with Gasteiger partial charge in [0, 0.05) is 12.3 Å². The highest BCUT2D eigenvalue weighted by Crippen LogP contribution is 2.18. The summed E-state index contributed by atoms with van der Waals surface area (Å²) in [5.41, 5.74) is 1.91. The van der Waals surface area contributed by atoms with Gasteiger partial charge in [0.25, 0.3) is 0 Å². The zero-order valence-electron chi connectivity index (χ0n) is 15.7. The van der Waals surface area contributed by atoms with Gasteiger partial charge in [0.2, 0.25) is 5.91 Å². The van der Waals surface area contributed by atoms with Crippen molar-refractivity contribution in [3.8, 4) is 0 Å². The minimum Gasteiger partial charge on any atom is -0.480 e. The van der Waals surface area contributed by atoms with Gasteiger partial charge in [-0.15, -0.1) is 0 Å². The number of benzene rings is 2. The summed E-state index contributed by atoms with van der Waals surface area (Å²) in [5, 5.41) is 11.0.